The van der Waals surface area contributed by atoms with Crippen molar-refractivity contribution in [3.8, 4) is 11.5 Å². The van der Waals surface area contributed by atoms with Gasteiger partial charge < -0.3 is 15.2 Å². The largest absolute Gasteiger partial charge is 0.507 e. The number of nitrogens with zero attached hydrogens (tertiary/aromatic N) is 1. The average molecular weight is 376 g/mol. The van der Waals surface area contributed by atoms with Gasteiger partial charge in [0.05, 0.1) is 16.6 Å². The van der Waals surface area contributed by atoms with Crippen LogP contribution in [-0.4, -0.2) is 20.2 Å². The molecule has 7 heteroatoms. The van der Waals surface area contributed by atoms with Crippen molar-refractivity contribution < 1.29 is 23.4 Å². The van der Waals surface area contributed by atoms with E-state index in [-0.39, 0.29) is 11.5 Å². The van der Waals surface area contributed by atoms with Crippen LogP contribution >= 0.6 is 0 Å². The van der Waals surface area contributed by atoms with Crippen molar-refractivity contribution in [2.24, 2.45) is 0 Å². The number of H-pyrrole nitrogens is 1. The fraction of sp³-hybridized carbons (Fsp3) is 0.250. The van der Waals surface area contributed by atoms with Crippen LogP contribution in [-0.2, 0) is 12.6 Å². The van der Waals surface area contributed by atoms with Crippen LogP contribution in [0.2, 0.25) is 0 Å². The van der Waals surface area contributed by atoms with Gasteiger partial charge in [-0.05, 0) is 50.1 Å². The number of imidazole rings is 1. The first-order chi connectivity index (χ1) is 12.6. The predicted octanol–water partition coefficient (Wildman–Crippen LogP) is 5.17. The van der Waals surface area contributed by atoms with Gasteiger partial charge in [0, 0.05) is 17.5 Å². The van der Waals surface area contributed by atoms with E-state index in [0.29, 0.717) is 45.5 Å². The lowest BCUT2D eigenvalue weighted by atomic mass is 9.97. The molecule has 0 unspecified atom stereocenters. The van der Waals surface area contributed by atoms with Gasteiger partial charge in [0.25, 0.3) is 0 Å². The smallest absolute Gasteiger partial charge is 0.416 e. The molecule has 0 aliphatic carbocycles. The van der Waals surface area contributed by atoms with Gasteiger partial charge in [-0.1, -0.05) is 12.2 Å². The third-order valence-corrected chi connectivity index (χ3v) is 4.74. The van der Waals surface area contributed by atoms with E-state index in [1.54, 1.807) is 32.9 Å². The number of alkyl halides is 3. The summed E-state index contributed by atoms with van der Waals surface area (Å²) in [5.41, 5.74) is 2.33. The van der Waals surface area contributed by atoms with Crippen molar-refractivity contribution in [1.82, 2.24) is 9.97 Å². The Balaban J connectivity index is 1.87. The van der Waals surface area contributed by atoms with Gasteiger partial charge in [0.15, 0.2) is 0 Å². The first-order valence-electron chi connectivity index (χ1n) is 8.33. The second-order valence-electron chi connectivity index (χ2n) is 6.51. The molecule has 0 aliphatic rings. The standard InChI is InChI=1S/C20H19F3N2O2/c1-10-11(2)19(27)14(12(3)18(10)26)5-4-6-17-24-15-8-7-13(20(21,22)23)9-16(15)25-17/h4-5,7-9,26-27H,6H2,1-3H3,(H,24,25)/b5-4+. The van der Waals surface area contributed by atoms with Gasteiger partial charge in [-0.3, -0.25) is 0 Å². The second-order valence-corrected chi connectivity index (χ2v) is 6.51. The number of rotatable bonds is 3. The Bertz CT molecular complexity index is 1020. The molecule has 0 fully saturated rings. The summed E-state index contributed by atoms with van der Waals surface area (Å²) in [4.78, 5) is 7.16. The highest BCUT2D eigenvalue weighted by Gasteiger charge is 2.30. The van der Waals surface area contributed by atoms with Crippen LogP contribution in [0.5, 0.6) is 11.5 Å². The van der Waals surface area contributed by atoms with Gasteiger partial charge in [0.2, 0.25) is 0 Å². The zero-order valence-corrected chi connectivity index (χ0v) is 15.1. The number of allylic oxidation sites excluding steroid dienone is 1. The lowest BCUT2D eigenvalue weighted by Crippen LogP contribution is -2.04. The first kappa shape index (κ1) is 18.8. The lowest BCUT2D eigenvalue weighted by Gasteiger charge is -2.13. The highest BCUT2D eigenvalue weighted by molar-refractivity contribution is 5.76. The minimum absolute atomic E-state index is 0.0958. The molecule has 0 amide bonds. The minimum Gasteiger partial charge on any atom is -0.507 e. The van der Waals surface area contributed by atoms with Crippen LogP contribution in [0.25, 0.3) is 17.1 Å². The number of hydrogen-bond acceptors (Lipinski definition) is 3. The molecule has 1 heterocycles. The van der Waals surface area contributed by atoms with Crippen LogP contribution in [0.15, 0.2) is 24.3 Å². The zero-order chi connectivity index (χ0) is 19.9. The summed E-state index contributed by atoms with van der Waals surface area (Å²) in [5, 5.41) is 20.4. The maximum atomic E-state index is 12.8. The Hall–Kier alpha value is -2.96. The Labute approximate surface area is 154 Å². The molecule has 4 nitrogen and oxygen atoms in total. The molecular formula is C20H19F3N2O2. The number of nitrogens with one attached hydrogen (secondary N) is 1. The van der Waals surface area contributed by atoms with Crippen LogP contribution in [0.1, 0.15) is 33.6 Å². The SMILES string of the molecule is Cc1c(C)c(O)c(/C=C/Cc2nc3ccc(C(F)(F)F)cc3[nH]2)c(C)c1O. The van der Waals surface area contributed by atoms with Crippen molar-refractivity contribution in [2.45, 2.75) is 33.4 Å². The summed E-state index contributed by atoms with van der Waals surface area (Å²) in [5.74, 6) is 0.734. The van der Waals surface area contributed by atoms with Gasteiger partial charge >= 0.3 is 6.18 Å². The average Bonchev–Trinajstić information content (AvgIpc) is 3.02. The van der Waals surface area contributed by atoms with Crippen molar-refractivity contribution in [3.05, 3.63) is 57.9 Å². The third kappa shape index (κ3) is 3.49. The van der Waals surface area contributed by atoms with E-state index in [9.17, 15) is 23.4 Å². The summed E-state index contributed by atoms with van der Waals surface area (Å²) < 4.78 is 38.4. The highest BCUT2D eigenvalue weighted by Crippen LogP contribution is 2.37. The number of halogens is 3. The fourth-order valence-corrected chi connectivity index (χ4v) is 2.97. The van der Waals surface area contributed by atoms with E-state index >= 15 is 0 Å². The minimum atomic E-state index is -4.40. The second kappa shape index (κ2) is 6.64. The molecule has 0 radical (unpaired) electrons. The number of hydrogen-bond donors (Lipinski definition) is 3. The molecule has 2 aromatic carbocycles. The number of fused-ring (bicyclic) bond motifs is 1. The molecule has 3 N–H and O–H groups in total. The van der Waals surface area contributed by atoms with E-state index < -0.39 is 11.7 Å². The summed E-state index contributed by atoms with van der Waals surface area (Å²) in [6, 6.07) is 3.37. The van der Waals surface area contributed by atoms with E-state index in [2.05, 4.69) is 9.97 Å². The van der Waals surface area contributed by atoms with Gasteiger partial charge in [-0.15, -0.1) is 0 Å². The number of aromatic amines is 1. The molecule has 3 rings (SSSR count). The molecule has 1 aromatic heterocycles. The maximum absolute atomic E-state index is 12.8. The van der Waals surface area contributed by atoms with Crippen molar-refractivity contribution in [2.75, 3.05) is 0 Å². The van der Waals surface area contributed by atoms with Crippen LogP contribution in [0.3, 0.4) is 0 Å². The normalized spacial score (nSPS) is 12.4. The number of aromatic nitrogens is 2. The summed E-state index contributed by atoms with van der Waals surface area (Å²) in [7, 11) is 0. The molecule has 0 atom stereocenters. The molecule has 0 bridgehead atoms. The predicted molar refractivity (Wildman–Crippen MR) is 97.8 cm³/mol. The summed E-state index contributed by atoms with van der Waals surface area (Å²) in [6.07, 6.45) is -0.661. The Morgan fingerprint density at radius 3 is 2.37 bits per heavy atom. The van der Waals surface area contributed by atoms with Crippen molar-refractivity contribution in [3.63, 3.8) is 0 Å². The number of phenolic OH excluding ortho intramolecular Hbond substituents is 2. The van der Waals surface area contributed by atoms with Crippen molar-refractivity contribution in [1.29, 1.82) is 0 Å². The first-order valence-corrected chi connectivity index (χ1v) is 8.33. The topological polar surface area (TPSA) is 69.1 Å². The number of aromatic hydroxyl groups is 2. The van der Waals surface area contributed by atoms with Crippen molar-refractivity contribution >= 4 is 17.1 Å². The molecule has 3 aromatic rings. The van der Waals surface area contributed by atoms with Gasteiger partial charge in [0.1, 0.15) is 17.3 Å². The molecule has 0 saturated carbocycles. The maximum Gasteiger partial charge on any atom is 0.416 e. The molecule has 0 aliphatic heterocycles. The molecule has 0 saturated heterocycles. The van der Waals surface area contributed by atoms with E-state index in [0.717, 1.165) is 12.1 Å². The fourth-order valence-electron chi connectivity index (χ4n) is 2.97. The quantitative estimate of drug-likeness (QED) is 0.552. The monoisotopic (exact) mass is 376 g/mol. The molecule has 27 heavy (non-hydrogen) atoms. The zero-order valence-electron chi connectivity index (χ0n) is 15.1. The van der Waals surface area contributed by atoms with Crippen LogP contribution in [0, 0.1) is 20.8 Å². The van der Waals surface area contributed by atoms with E-state index in [1.165, 1.54) is 6.07 Å². The highest BCUT2D eigenvalue weighted by atomic mass is 19.4. The number of benzene rings is 2. The molecular weight excluding hydrogens is 357 g/mol. The van der Waals surface area contributed by atoms with Crippen LogP contribution < -0.4 is 0 Å². The van der Waals surface area contributed by atoms with Crippen LogP contribution in [0.4, 0.5) is 13.2 Å². The van der Waals surface area contributed by atoms with E-state index in [1.807, 2.05) is 0 Å². The Kier molecular flexibility index (Phi) is 4.63. The summed E-state index contributed by atoms with van der Waals surface area (Å²) in [6.45, 7) is 5.16. The van der Waals surface area contributed by atoms with Gasteiger partial charge in [-0.25, -0.2) is 4.98 Å². The molecule has 0 spiro atoms. The van der Waals surface area contributed by atoms with Gasteiger partial charge in [-0.2, -0.15) is 13.2 Å². The van der Waals surface area contributed by atoms with E-state index in [4.69, 9.17) is 0 Å². The summed E-state index contributed by atoms with van der Waals surface area (Å²) >= 11 is 0. The third-order valence-electron chi connectivity index (χ3n) is 4.74. The lowest BCUT2D eigenvalue weighted by molar-refractivity contribution is -0.137. The Morgan fingerprint density at radius 2 is 1.70 bits per heavy atom. The Morgan fingerprint density at radius 1 is 1.04 bits per heavy atom. The number of phenols is 2. The molecule has 142 valence electrons.